The van der Waals surface area contributed by atoms with Crippen LogP contribution in [-0.2, 0) is 21.4 Å². The van der Waals surface area contributed by atoms with E-state index in [2.05, 4.69) is 0 Å². The highest BCUT2D eigenvalue weighted by atomic mass is 32.2. The first-order valence-corrected chi connectivity index (χ1v) is 8.23. The minimum Gasteiger partial charge on any atom is -0.383 e. The van der Waals surface area contributed by atoms with E-state index >= 15 is 0 Å². The van der Waals surface area contributed by atoms with E-state index in [1.165, 1.54) is 33.9 Å². The molecule has 128 valence electrons. The van der Waals surface area contributed by atoms with Gasteiger partial charge in [-0.05, 0) is 30.5 Å². The van der Waals surface area contributed by atoms with Crippen molar-refractivity contribution in [2.45, 2.75) is 31.0 Å². The molecule has 1 saturated heterocycles. The molecule has 23 heavy (non-hydrogen) atoms. The second kappa shape index (κ2) is 6.36. The average Bonchev–Trinajstić information content (AvgIpc) is 2.44. The minimum atomic E-state index is -5.45. The van der Waals surface area contributed by atoms with Gasteiger partial charge in [-0.25, -0.2) is 0 Å². The zero-order valence-electron chi connectivity index (χ0n) is 11.9. The van der Waals surface area contributed by atoms with Crippen LogP contribution in [0.25, 0.3) is 0 Å². The summed E-state index contributed by atoms with van der Waals surface area (Å²) in [4.78, 5) is 13.2. The Morgan fingerprint density at radius 3 is 2.43 bits per heavy atom. The molecule has 1 aromatic rings. The molecule has 0 bridgehead atoms. The number of carbonyl (C=O) groups excluding carboxylic acids is 1. The predicted molar refractivity (Wildman–Crippen MR) is 75.7 cm³/mol. The van der Waals surface area contributed by atoms with Crippen molar-refractivity contribution in [3.63, 3.8) is 0 Å². The molecule has 1 fully saturated rings. The number of nitrogens with one attached hydrogen (secondary N) is 1. The zero-order valence-corrected chi connectivity index (χ0v) is 12.7. The van der Waals surface area contributed by atoms with Gasteiger partial charge < -0.3 is 10.0 Å². The first-order chi connectivity index (χ1) is 10.6. The normalized spacial score (nSPS) is 19.7. The largest absolute Gasteiger partial charge is 0.516 e. The fourth-order valence-corrected chi connectivity index (χ4v) is 2.75. The molecular formula is C13H15F3N2O4S. The summed E-state index contributed by atoms with van der Waals surface area (Å²) >= 11 is 0. The van der Waals surface area contributed by atoms with Crippen LogP contribution in [0.1, 0.15) is 18.4 Å². The van der Waals surface area contributed by atoms with Gasteiger partial charge in [-0.2, -0.15) is 21.6 Å². The van der Waals surface area contributed by atoms with Crippen molar-refractivity contribution in [3.8, 4) is 0 Å². The number of halogens is 3. The zero-order chi connectivity index (χ0) is 17.3. The fourth-order valence-electron chi connectivity index (χ4n) is 2.19. The molecule has 0 aromatic heterocycles. The van der Waals surface area contributed by atoms with Crippen LogP contribution in [0.3, 0.4) is 0 Å². The van der Waals surface area contributed by atoms with Gasteiger partial charge in [-0.15, -0.1) is 0 Å². The van der Waals surface area contributed by atoms with E-state index in [9.17, 15) is 31.5 Å². The van der Waals surface area contributed by atoms with Crippen LogP contribution in [-0.4, -0.2) is 42.5 Å². The summed E-state index contributed by atoms with van der Waals surface area (Å²) in [7, 11) is -5.45. The Hall–Kier alpha value is -1.81. The van der Waals surface area contributed by atoms with Crippen LogP contribution in [0.15, 0.2) is 24.3 Å². The number of sulfonamides is 1. The highest BCUT2D eigenvalue weighted by Gasteiger charge is 2.46. The Bertz CT molecular complexity index is 673. The molecule has 0 aliphatic carbocycles. The molecule has 0 saturated carbocycles. The Morgan fingerprint density at radius 1 is 1.26 bits per heavy atom. The van der Waals surface area contributed by atoms with E-state index < -0.39 is 27.5 Å². The van der Waals surface area contributed by atoms with Gasteiger partial charge >= 0.3 is 15.5 Å². The van der Waals surface area contributed by atoms with Gasteiger partial charge in [-0.3, -0.25) is 9.52 Å². The van der Waals surface area contributed by atoms with Gasteiger partial charge in [0.1, 0.15) is 6.10 Å². The second-order valence-electron chi connectivity index (χ2n) is 5.17. The maximum atomic E-state index is 12.3. The molecule has 1 atom stereocenters. The Balaban J connectivity index is 2.04. The summed E-state index contributed by atoms with van der Waals surface area (Å²) < 4.78 is 60.2. The Morgan fingerprint density at radius 2 is 1.87 bits per heavy atom. The van der Waals surface area contributed by atoms with E-state index in [0.717, 1.165) is 0 Å². The fraction of sp³-hybridized carbons (Fsp3) is 0.462. The molecule has 2 rings (SSSR count). The number of amides is 1. The number of benzene rings is 1. The summed E-state index contributed by atoms with van der Waals surface area (Å²) in [5.74, 6) is -0.391. The maximum absolute atomic E-state index is 12.3. The third-order valence-electron chi connectivity index (χ3n) is 3.39. The van der Waals surface area contributed by atoms with Crippen LogP contribution >= 0.6 is 0 Å². The summed E-state index contributed by atoms with van der Waals surface area (Å²) in [6, 6.07) is 5.21. The van der Waals surface area contributed by atoms with E-state index in [1.54, 1.807) is 0 Å². The highest BCUT2D eigenvalue weighted by molar-refractivity contribution is 7.93. The second-order valence-corrected chi connectivity index (χ2v) is 6.84. The lowest BCUT2D eigenvalue weighted by molar-refractivity contribution is -0.144. The van der Waals surface area contributed by atoms with Crippen LogP contribution in [0.4, 0.5) is 18.9 Å². The number of rotatable bonds is 4. The van der Waals surface area contributed by atoms with Crippen molar-refractivity contribution >= 4 is 21.6 Å². The number of anilines is 1. The van der Waals surface area contributed by atoms with Crippen molar-refractivity contribution in [1.29, 1.82) is 0 Å². The first-order valence-electron chi connectivity index (χ1n) is 6.75. The van der Waals surface area contributed by atoms with Crippen molar-refractivity contribution < 1.29 is 31.5 Å². The summed E-state index contributed by atoms with van der Waals surface area (Å²) in [6.45, 7) is 0.681. The number of hydrogen-bond acceptors (Lipinski definition) is 4. The molecule has 1 aliphatic heterocycles. The quantitative estimate of drug-likeness (QED) is 0.858. The topological polar surface area (TPSA) is 86.7 Å². The Kier molecular flexibility index (Phi) is 4.85. The molecule has 6 nitrogen and oxygen atoms in total. The van der Waals surface area contributed by atoms with Crippen LogP contribution in [0.2, 0.25) is 0 Å². The molecule has 0 radical (unpaired) electrons. The smallest absolute Gasteiger partial charge is 0.383 e. The van der Waals surface area contributed by atoms with Gasteiger partial charge in [0.2, 0.25) is 0 Å². The third-order valence-corrected chi connectivity index (χ3v) is 4.50. The van der Waals surface area contributed by atoms with Crippen molar-refractivity contribution in [1.82, 2.24) is 4.90 Å². The van der Waals surface area contributed by atoms with E-state index in [-0.39, 0.29) is 12.2 Å². The van der Waals surface area contributed by atoms with Gasteiger partial charge in [0.15, 0.2) is 0 Å². The van der Waals surface area contributed by atoms with Crippen LogP contribution in [0.5, 0.6) is 0 Å². The summed E-state index contributed by atoms with van der Waals surface area (Å²) in [5.41, 5.74) is -5.00. The lowest BCUT2D eigenvalue weighted by Gasteiger charge is -2.29. The Labute approximate surface area is 131 Å². The number of aliphatic hydroxyl groups is 1. The molecule has 0 spiro atoms. The van der Waals surface area contributed by atoms with E-state index in [4.69, 9.17) is 0 Å². The summed E-state index contributed by atoms with van der Waals surface area (Å²) in [6.07, 6.45) is 0.0470. The molecule has 1 aliphatic rings. The number of alkyl halides is 3. The predicted octanol–water partition coefficient (Wildman–Crippen LogP) is 1.43. The van der Waals surface area contributed by atoms with E-state index in [0.29, 0.717) is 24.9 Å². The van der Waals surface area contributed by atoms with Crippen molar-refractivity contribution in [2.24, 2.45) is 0 Å². The number of aliphatic hydroxyl groups excluding tert-OH is 1. The molecule has 1 heterocycles. The highest BCUT2D eigenvalue weighted by Crippen LogP contribution is 2.25. The monoisotopic (exact) mass is 352 g/mol. The lowest BCUT2D eigenvalue weighted by Crippen LogP contribution is -2.43. The number of nitrogens with zero attached hydrogens (tertiary/aromatic N) is 1. The van der Waals surface area contributed by atoms with Crippen LogP contribution in [0, 0.1) is 0 Å². The third kappa shape index (κ3) is 4.14. The summed E-state index contributed by atoms with van der Waals surface area (Å²) in [5, 5.41) is 9.50. The van der Waals surface area contributed by atoms with Crippen molar-refractivity contribution in [2.75, 3.05) is 11.3 Å². The number of carbonyl (C=O) groups is 1. The molecular weight excluding hydrogens is 337 g/mol. The number of hydrogen-bond donors (Lipinski definition) is 2. The average molecular weight is 352 g/mol. The molecule has 1 amide bonds. The van der Waals surface area contributed by atoms with Gasteiger partial charge in [0, 0.05) is 18.8 Å². The number of piperidine rings is 1. The number of likely N-dealkylation sites (tertiary alicyclic amines) is 1. The maximum Gasteiger partial charge on any atom is 0.516 e. The molecule has 1 unspecified atom stereocenters. The van der Waals surface area contributed by atoms with Crippen LogP contribution < -0.4 is 4.72 Å². The molecule has 2 N–H and O–H groups in total. The molecule has 1 aromatic carbocycles. The van der Waals surface area contributed by atoms with Gasteiger partial charge in [-0.1, -0.05) is 12.1 Å². The van der Waals surface area contributed by atoms with Gasteiger partial charge in [0.05, 0.1) is 0 Å². The van der Waals surface area contributed by atoms with Crippen molar-refractivity contribution in [3.05, 3.63) is 29.8 Å². The SMILES string of the molecule is O=C1C(O)CCCN1Cc1ccc(NS(=O)(=O)C(F)(F)F)cc1. The van der Waals surface area contributed by atoms with Gasteiger partial charge in [0.25, 0.3) is 5.91 Å². The standard InChI is InChI=1S/C13H15F3N2O4S/c14-13(15,16)23(21,22)17-10-5-3-9(4-6-10)8-18-7-1-2-11(19)12(18)20/h3-6,11,17,19H,1-2,7-8H2. The minimum absolute atomic E-state index is 0.197. The molecule has 10 heteroatoms. The van der Waals surface area contributed by atoms with E-state index in [1.807, 2.05) is 0 Å². The first kappa shape index (κ1) is 17.5. The lowest BCUT2D eigenvalue weighted by atomic mass is 10.1.